The zero-order chi connectivity index (χ0) is 2.71. The fourth-order valence-electron chi connectivity index (χ4n) is 0. The van der Waals surface area contributed by atoms with E-state index in [4.69, 9.17) is 7.61 Å². The van der Waals surface area contributed by atoms with Crippen LogP contribution in [-0.2, 0) is 39.5 Å². The summed E-state index contributed by atoms with van der Waals surface area (Å²) < 4.78 is 16.9. The third-order valence-corrected chi connectivity index (χ3v) is 0. The molecule has 1 radical (unpaired) electrons. The van der Waals surface area contributed by atoms with E-state index in [0.717, 1.165) is 0 Å². The van der Waals surface area contributed by atoms with Crippen LogP contribution in [0, 0.1) is 0 Å². The summed E-state index contributed by atoms with van der Waals surface area (Å²) in [6.45, 7) is 0. The van der Waals surface area contributed by atoms with Gasteiger partial charge in [-0.3, -0.25) is 0 Å². The second-order valence-electron chi connectivity index (χ2n) is 0.0680. The van der Waals surface area contributed by atoms with Gasteiger partial charge in [-0.25, -0.2) is 0 Å². The predicted octanol–water partition coefficient (Wildman–Crippen LogP) is -6.23. The van der Waals surface area contributed by atoms with Crippen LogP contribution in [0.2, 0.25) is 0 Å². The molecule has 0 aliphatic heterocycles. The van der Waals surface area contributed by atoms with E-state index < -0.39 is 15.1 Å². The fraction of sp³-hybridized carbons (Fsp3) is 0. The predicted molar refractivity (Wildman–Crippen MR) is 1.37 cm³/mol. The molecule has 0 saturated heterocycles. The second kappa shape index (κ2) is 34.4. The van der Waals surface area contributed by atoms with Gasteiger partial charge in [-0.1, -0.05) is 0 Å². The topological polar surface area (TPSA) is 34.1 Å². The van der Waals surface area contributed by atoms with Crippen LogP contribution in [0.3, 0.4) is 0 Å². The van der Waals surface area contributed by atoms with Crippen molar-refractivity contribution in [3.8, 4) is 0 Å². The first-order valence-electron chi connectivity index (χ1n) is 0.333. The number of hydrogen-bond acceptors (Lipinski definition) is 2. The molecule has 0 saturated carbocycles. The van der Waals surface area contributed by atoms with E-state index in [-0.39, 0.29) is 41.6 Å². The van der Waals surface area contributed by atoms with Crippen LogP contribution in [-0.4, -0.2) is 0 Å². The zero-order valence-corrected chi connectivity index (χ0v) is 6.14. The van der Waals surface area contributed by atoms with Gasteiger partial charge in [0.2, 0.25) is 0 Å². The maximum atomic E-state index is 8.44. The Kier molecular flexibility index (Phi) is 154. The molecule has 0 heterocycles. The molecular weight excluding hydrogens is 214 g/mol. The van der Waals surface area contributed by atoms with E-state index >= 15 is 0 Å². The van der Waals surface area contributed by atoms with Crippen molar-refractivity contribution in [1.29, 1.82) is 0 Å². The van der Waals surface area contributed by atoms with Crippen molar-refractivity contribution in [2.75, 3.05) is 0 Å². The van der Waals surface area contributed by atoms with Gasteiger partial charge in [0.25, 0.3) is 0 Å². The summed E-state index contributed by atoms with van der Waals surface area (Å²) in [5, 5.41) is 0. The monoisotopic (exact) mass is 213 g/mol. The molecule has 0 aromatic heterocycles. The van der Waals surface area contributed by atoms with Gasteiger partial charge < -0.3 is 24.8 Å². The summed E-state index contributed by atoms with van der Waals surface area (Å²) in [6, 6.07) is 0. The summed E-state index contributed by atoms with van der Waals surface area (Å²) in [4.78, 5) is 0. The van der Waals surface area contributed by atoms with Crippen molar-refractivity contribution in [2.24, 2.45) is 0 Å². The van der Waals surface area contributed by atoms with Gasteiger partial charge >= 0.3 is 22.7 Å². The van der Waals surface area contributed by atoms with Crippen molar-refractivity contribution in [3.63, 3.8) is 0 Å². The Balaban J connectivity index is -0.00000000667. The summed E-state index contributed by atoms with van der Waals surface area (Å²) in [7, 11) is 0. The fourth-order valence-corrected chi connectivity index (χ4v) is 0. The third-order valence-electron chi connectivity index (χ3n) is 0. The van der Waals surface area contributed by atoms with Gasteiger partial charge in [-0.2, -0.15) is 0 Å². The summed E-state index contributed by atoms with van der Waals surface area (Å²) in [6.07, 6.45) is 0. The first kappa shape index (κ1) is 26.9. The van der Waals surface area contributed by atoms with Crippen LogP contribution in [0.5, 0.6) is 0 Å². The molecule has 0 amide bonds. The molecule has 0 aliphatic carbocycles. The molecule has 2 nitrogen and oxygen atoms in total. The van der Waals surface area contributed by atoms with Gasteiger partial charge in [0.15, 0.2) is 0 Å². The molecule has 0 atom stereocenters. The Labute approximate surface area is 64.2 Å². The maximum absolute atomic E-state index is 8.44. The van der Waals surface area contributed by atoms with Gasteiger partial charge in [-0.05, 0) is 0 Å². The Morgan fingerprint density at radius 2 is 1.00 bits per heavy atom. The molecule has 0 bridgehead atoms. The van der Waals surface area contributed by atoms with Crippen LogP contribution < -0.4 is 24.8 Å². The molecule has 0 spiro atoms. The van der Waals surface area contributed by atoms with Crippen molar-refractivity contribution >= 4 is 0 Å². The van der Waals surface area contributed by atoms with E-state index in [9.17, 15) is 0 Å². The molecule has 6 heteroatoms. The molecule has 0 unspecified atom stereocenters. The van der Waals surface area contributed by atoms with Gasteiger partial charge in [-0.15, -0.1) is 0 Å². The quantitative estimate of drug-likeness (QED) is 0.402. The Bertz CT molecular complexity index is 32.5. The molecule has 0 fully saturated rings. The Hall–Kier alpha value is 1.22. The minimum atomic E-state index is -1.62. The SMILES string of the molecule is [Cl-].[Cl-].[Co].[O]=[Cr+2]=[O]. The van der Waals surface area contributed by atoms with E-state index in [2.05, 4.69) is 0 Å². The van der Waals surface area contributed by atoms with E-state index in [1.807, 2.05) is 0 Å². The van der Waals surface area contributed by atoms with Crippen molar-refractivity contribution in [3.05, 3.63) is 0 Å². The Morgan fingerprint density at radius 1 is 1.00 bits per heavy atom. The van der Waals surface area contributed by atoms with Crippen LogP contribution in [0.4, 0.5) is 0 Å². The van der Waals surface area contributed by atoms with Crippen molar-refractivity contribution in [2.45, 2.75) is 0 Å². The van der Waals surface area contributed by atoms with E-state index in [0.29, 0.717) is 0 Å². The first-order chi connectivity index (χ1) is 1.41. The molecule has 0 aromatic rings. The average molecular weight is 214 g/mol. The molecular formula is Cl2CoCrO2. The standard InChI is InChI=1S/2ClH.Co.Cr.2O/h2*1H;;;;/q;;;+2;;/p-2. The molecule has 41 valence electrons. The normalized spacial score (nSPS) is 1.33. The van der Waals surface area contributed by atoms with E-state index in [1.165, 1.54) is 0 Å². The number of hydrogen-bond donors (Lipinski definition) is 0. The van der Waals surface area contributed by atoms with Crippen LogP contribution in [0.15, 0.2) is 0 Å². The van der Waals surface area contributed by atoms with Gasteiger partial charge in [0.1, 0.15) is 0 Å². The molecule has 0 N–H and O–H groups in total. The van der Waals surface area contributed by atoms with Crippen molar-refractivity contribution < 1.29 is 64.3 Å². The zero-order valence-electron chi connectivity index (χ0n) is 2.31. The summed E-state index contributed by atoms with van der Waals surface area (Å²) in [5.74, 6) is 0. The molecule has 6 heavy (non-hydrogen) atoms. The summed E-state index contributed by atoms with van der Waals surface area (Å²) in [5.41, 5.74) is 0. The average Bonchev–Trinajstić information content (AvgIpc) is 0.918. The number of halogens is 2. The molecule has 0 aliphatic rings. The van der Waals surface area contributed by atoms with Gasteiger partial charge in [0, 0.05) is 16.8 Å². The van der Waals surface area contributed by atoms with Crippen LogP contribution >= 0.6 is 0 Å². The van der Waals surface area contributed by atoms with E-state index in [1.54, 1.807) is 0 Å². The third kappa shape index (κ3) is 62.5. The van der Waals surface area contributed by atoms with Crippen LogP contribution in [0.1, 0.15) is 0 Å². The van der Waals surface area contributed by atoms with Gasteiger partial charge in [0.05, 0.1) is 0 Å². The second-order valence-corrected chi connectivity index (χ2v) is 0.281. The van der Waals surface area contributed by atoms with Crippen molar-refractivity contribution in [1.82, 2.24) is 0 Å². The van der Waals surface area contributed by atoms with Crippen LogP contribution in [0.25, 0.3) is 0 Å². The summed E-state index contributed by atoms with van der Waals surface area (Å²) >= 11 is -1.62. The molecule has 0 rings (SSSR count). The minimum absolute atomic E-state index is 0. The Morgan fingerprint density at radius 3 is 1.00 bits per heavy atom. The molecule has 0 aromatic carbocycles. The number of rotatable bonds is 0. The first-order valence-corrected chi connectivity index (χ1v) is 1.37.